The second kappa shape index (κ2) is 10.3. The highest BCUT2D eigenvalue weighted by atomic mass is 16.6. The lowest BCUT2D eigenvalue weighted by Gasteiger charge is -2.34. The van der Waals surface area contributed by atoms with Crippen molar-refractivity contribution in [2.24, 2.45) is 0 Å². The molecular weight excluding hydrogens is 342 g/mol. The molecule has 2 amide bonds. The molecule has 0 aliphatic heterocycles. The van der Waals surface area contributed by atoms with Crippen molar-refractivity contribution in [3.63, 3.8) is 0 Å². The molecular formula is C22H35NO4. The number of benzene rings is 1. The summed E-state index contributed by atoms with van der Waals surface area (Å²) in [5.41, 5.74) is -0.145. The Morgan fingerprint density at radius 1 is 0.852 bits per heavy atom. The first-order valence-electron chi connectivity index (χ1n) is 10.00. The van der Waals surface area contributed by atoms with Crippen molar-refractivity contribution in [3.05, 3.63) is 35.9 Å². The standard InChI is InChI=1S/C22H35NO4/c1-7-21(5,6)26-19(24)23(17-16-18-14-12-11-13-15-18)20(25)27-22(8-2,9-3)10-4/h11-15H,7-10,16-17H2,1-6H3. The summed E-state index contributed by atoms with van der Waals surface area (Å²) in [6, 6.07) is 9.75. The molecule has 0 spiro atoms. The second-order valence-electron chi connectivity index (χ2n) is 7.48. The minimum absolute atomic E-state index is 0.217. The molecule has 1 aromatic carbocycles. The molecule has 0 saturated heterocycles. The normalized spacial score (nSPS) is 11.8. The fourth-order valence-electron chi connectivity index (χ4n) is 2.71. The van der Waals surface area contributed by atoms with Crippen LogP contribution in [0.1, 0.15) is 72.8 Å². The van der Waals surface area contributed by atoms with E-state index in [0.717, 1.165) is 10.5 Å². The van der Waals surface area contributed by atoms with E-state index in [-0.39, 0.29) is 6.54 Å². The van der Waals surface area contributed by atoms with Crippen LogP contribution in [0, 0.1) is 0 Å². The van der Waals surface area contributed by atoms with E-state index in [4.69, 9.17) is 9.47 Å². The molecule has 1 aromatic rings. The van der Waals surface area contributed by atoms with Crippen LogP contribution in [0.2, 0.25) is 0 Å². The van der Waals surface area contributed by atoms with E-state index in [0.29, 0.717) is 32.1 Å². The largest absolute Gasteiger partial charge is 0.443 e. The lowest BCUT2D eigenvalue weighted by atomic mass is 9.94. The van der Waals surface area contributed by atoms with Crippen LogP contribution in [0.4, 0.5) is 9.59 Å². The minimum Gasteiger partial charge on any atom is -0.443 e. The summed E-state index contributed by atoms with van der Waals surface area (Å²) in [6.07, 6.45) is 2.03. The number of hydrogen-bond acceptors (Lipinski definition) is 4. The Morgan fingerprint density at radius 3 is 1.85 bits per heavy atom. The molecule has 152 valence electrons. The fraction of sp³-hybridized carbons (Fsp3) is 0.636. The highest BCUT2D eigenvalue weighted by Gasteiger charge is 2.35. The third-order valence-electron chi connectivity index (χ3n) is 5.36. The zero-order valence-corrected chi connectivity index (χ0v) is 17.7. The molecule has 0 bridgehead atoms. The van der Waals surface area contributed by atoms with Crippen molar-refractivity contribution in [1.82, 2.24) is 4.90 Å². The molecule has 0 fully saturated rings. The molecule has 0 unspecified atom stereocenters. The minimum atomic E-state index is -0.653. The lowest BCUT2D eigenvalue weighted by molar-refractivity contribution is -0.0282. The number of ether oxygens (including phenoxy) is 2. The van der Waals surface area contributed by atoms with Crippen molar-refractivity contribution in [3.8, 4) is 0 Å². The molecule has 0 aliphatic carbocycles. The molecule has 0 aromatic heterocycles. The molecule has 5 nitrogen and oxygen atoms in total. The Hall–Kier alpha value is -2.04. The number of rotatable bonds is 9. The molecule has 1 rings (SSSR count). The van der Waals surface area contributed by atoms with E-state index in [1.807, 2.05) is 71.9 Å². The van der Waals surface area contributed by atoms with Crippen LogP contribution in [-0.4, -0.2) is 34.8 Å². The second-order valence-corrected chi connectivity index (χ2v) is 7.48. The number of carbonyl (C=O) groups excluding carboxylic acids is 2. The maximum absolute atomic E-state index is 12.9. The molecule has 0 atom stereocenters. The van der Waals surface area contributed by atoms with Gasteiger partial charge in [-0.05, 0) is 51.5 Å². The zero-order chi connectivity index (χ0) is 20.5. The van der Waals surface area contributed by atoms with Crippen molar-refractivity contribution in [1.29, 1.82) is 0 Å². The number of nitrogens with zero attached hydrogens (tertiary/aromatic N) is 1. The number of imide groups is 1. The van der Waals surface area contributed by atoms with Gasteiger partial charge >= 0.3 is 12.2 Å². The van der Waals surface area contributed by atoms with Gasteiger partial charge in [-0.25, -0.2) is 14.5 Å². The smallest absolute Gasteiger partial charge is 0.419 e. The number of hydrogen-bond donors (Lipinski definition) is 0. The van der Waals surface area contributed by atoms with Crippen LogP contribution in [-0.2, 0) is 15.9 Å². The molecule has 27 heavy (non-hydrogen) atoms. The average molecular weight is 378 g/mol. The third-order valence-corrected chi connectivity index (χ3v) is 5.36. The molecule has 0 aliphatic rings. The van der Waals surface area contributed by atoms with Crippen molar-refractivity contribution >= 4 is 12.2 Å². The van der Waals surface area contributed by atoms with Crippen LogP contribution in [0.15, 0.2) is 30.3 Å². The highest BCUT2D eigenvalue weighted by Crippen LogP contribution is 2.26. The van der Waals surface area contributed by atoms with Gasteiger partial charge in [0.15, 0.2) is 0 Å². The predicted molar refractivity (Wildman–Crippen MR) is 108 cm³/mol. The topological polar surface area (TPSA) is 55.8 Å². The fourth-order valence-corrected chi connectivity index (χ4v) is 2.71. The van der Waals surface area contributed by atoms with Crippen LogP contribution in [0.3, 0.4) is 0 Å². The van der Waals surface area contributed by atoms with Crippen LogP contribution < -0.4 is 0 Å². The van der Waals surface area contributed by atoms with Gasteiger partial charge in [0.05, 0.1) is 0 Å². The van der Waals surface area contributed by atoms with E-state index in [1.54, 1.807) is 0 Å². The van der Waals surface area contributed by atoms with Gasteiger partial charge in [-0.2, -0.15) is 0 Å². The lowest BCUT2D eigenvalue weighted by Crippen LogP contribution is -2.46. The van der Waals surface area contributed by atoms with Gasteiger partial charge in [-0.1, -0.05) is 58.0 Å². The summed E-state index contributed by atoms with van der Waals surface area (Å²) in [5, 5.41) is 0. The molecule has 0 radical (unpaired) electrons. The third kappa shape index (κ3) is 6.89. The molecule has 0 saturated carbocycles. The Balaban J connectivity index is 2.97. The highest BCUT2D eigenvalue weighted by molar-refractivity contribution is 5.88. The number of amides is 2. The maximum atomic E-state index is 12.9. The molecule has 0 N–H and O–H groups in total. The van der Waals surface area contributed by atoms with Crippen molar-refractivity contribution in [2.75, 3.05) is 6.54 Å². The Labute approximate surface area is 164 Å². The van der Waals surface area contributed by atoms with Crippen molar-refractivity contribution in [2.45, 2.75) is 84.8 Å². The summed E-state index contributed by atoms with van der Waals surface area (Å²) >= 11 is 0. The first kappa shape index (κ1) is 23.0. The molecule has 5 heteroatoms. The van der Waals surface area contributed by atoms with E-state index >= 15 is 0 Å². The molecule has 0 heterocycles. The van der Waals surface area contributed by atoms with Gasteiger partial charge in [0.2, 0.25) is 0 Å². The summed E-state index contributed by atoms with van der Waals surface area (Å²) in [5.74, 6) is 0. The van der Waals surface area contributed by atoms with Crippen molar-refractivity contribution < 1.29 is 19.1 Å². The van der Waals surface area contributed by atoms with Gasteiger partial charge in [0.25, 0.3) is 0 Å². The quantitative estimate of drug-likeness (QED) is 0.532. The summed E-state index contributed by atoms with van der Waals surface area (Å²) in [4.78, 5) is 26.7. The van der Waals surface area contributed by atoms with E-state index in [1.165, 1.54) is 0 Å². The van der Waals surface area contributed by atoms with Crippen LogP contribution >= 0.6 is 0 Å². The van der Waals surface area contributed by atoms with Gasteiger partial charge in [0.1, 0.15) is 11.2 Å². The van der Waals surface area contributed by atoms with Gasteiger partial charge in [0, 0.05) is 6.54 Å². The van der Waals surface area contributed by atoms with E-state index < -0.39 is 23.4 Å². The average Bonchev–Trinajstić information content (AvgIpc) is 2.67. The van der Waals surface area contributed by atoms with Gasteiger partial charge in [-0.15, -0.1) is 0 Å². The Kier molecular flexibility index (Phi) is 8.80. The van der Waals surface area contributed by atoms with Crippen LogP contribution in [0.5, 0.6) is 0 Å². The van der Waals surface area contributed by atoms with E-state index in [9.17, 15) is 9.59 Å². The number of carbonyl (C=O) groups is 2. The van der Waals surface area contributed by atoms with Crippen LogP contribution in [0.25, 0.3) is 0 Å². The predicted octanol–water partition coefficient (Wildman–Crippen LogP) is 5.96. The zero-order valence-electron chi connectivity index (χ0n) is 17.7. The van der Waals surface area contributed by atoms with E-state index in [2.05, 4.69) is 0 Å². The monoisotopic (exact) mass is 377 g/mol. The first-order chi connectivity index (χ1) is 12.7. The summed E-state index contributed by atoms with van der Waals surface area (Å²) < 4.78 is 11.4. The Morgan fingerprint density at radius 2 is 1.37 bits per heavy atom. The van der Waals surface area contributed by atoms with Gasteiger partial charge < -0.3 is 9.47 Å². The maximum Gasteiger partial charge on any atom is 0.419 e. The van der Waals surface area contributed by atoms with Gasteiger partial charge in [-0.3, -0.25) is 0 Å². The Bertz CT molecular complexity index is 585. The summed E-state index contributed by atoms with van der Waals surface area (Å²) in [6.45, 7) is 11.8. The SMILES string of the molecule is CCC(C)(C)OC(=O)N(CCc1ccccc1)C(=O)OC(CC)(CC)CC. The first-order valence-corrected chi connectivity index (χ1v) is 10.00. The summed E-state index contributed by atoms with van der Waals surface area (Å²) in [7, 11) is 0.